The van der Waals surface area contributed by atoms with Gasteiger partial charge in [0, 0.05) is 11.8 Å². The number of halogens is 1. The maximum Gasteiger partial charge on any atom is 0.272 e. The molecule has 2 aromatic carbocycles. The van der Waals surface area contributed by atoms with Crippen LogP contribution >= 0.6 is 11.6 Å². The highest BCUT2D eigenvalue weighted by atomic mass is 35.5. The SMILES string of the molecule is N#Cc1c(Cl)ccc2c(=O)[nH]nc(Cc3ccccc3)c12. The van der Waals surface area contributed by atoms with Crippen molar-refractivity contribution in [2.75, 3.05) is 0 Å². The third-order valence-electron chi connectivity index (χ3n) is 3.31. The standard InChI is InChI=1S/C16H10ClN3O/c17-13-7-6-11-15(12(13)9-18)14(19-20-16(11)21)8-10-4-2-1-3-5-10/h1-7H,8H2,(H,20,21). The summed E-state index contributed by atoms with van der Waals surface area (Å²) in [6.45, 7) is 0. The lowest BCUT2D eigenvalue weighted by molar-refractivity contribution is 0.933. The Labute approximate surface area is 125 Å². The minimum absolute atomic E-state index is 0.290. The molecule has 21 heavy (non-hydrogen) atoms. The molecule has 0 saturated carbocycles. The Kier molecular flexibility index (Phi) is 3.43. The van der Waals surface area contributed by atoms with Crippen molar-refractivity contribution in [3.63, 3.8) is 0 Å². The number of nitriles is 1. The summed E-state index contributed by atoms with van der Waals surface area (Å²) in [5.74, 6) is 0. The highest BCUT2D eigenvalue weighted by Gasteiger charge is 2.14. The fourth-order valence-corrected chi connectivity index (χ4v) is 2.53. The van der Waals surface area contributed by atoms with Crippen LogP contribution in [0.1, 0.15) is 16.8 Å². The predicted molar refractivity (Wildman–Crippen MR) is 81.3 cm³/mol. The minimum Gasteiger partial charge on any atom is -0.267 e. The van der Waals surface area contributed by atoms with Gasteiger partial charge in [-0.2, -0.15) is 10.4 Å². The summed E-state index contributed by atoms with van der Waals surface area (Å²) in [5.41, 5.74) is 1.64. The lowest BCUT2D eigenvalue weighted by Gasteiger charge is -2.07. The Morgan fingerprint density at radius 1 is 1.19 bits per heavy atom. The molecule has 0 unspecified atom stereocenters. The number of fused-ring (bicyclic) bond motifs is 1. The van der Waals surface area contributed by atoms with Gasteiger partial charge in [0.15, 0.2) is 0 Å². The lowest BCUT2D eigenvalue weighted by Crippen LogP contribution is -2.12. The monoisotopic (exact) mass is 295 g/mol. The number of nitrogens with zero attached hydrogens (tertiary/aromatic N) is 2. The summed E-state index contributed by atoms with van der Waals surface area (Å²) in [6, 6.07) is 15.0. The topological polar surface area (TPSA) is 69.5 Å². The largest absolute Gasteiger partial charge is 0.272 e. The summed E-state index contributed by atoms with van der Waals surface area (Å²) < 4.78 is 0. The normalized spacial score (nSPS) is 10.5. The van der Waals surface area contributed by atoms with Crippen molar-refractivity contribution in [2.45, 2.75) is 6.42 Å². The van der Waals surface area contributed by atoms with Crippen LogP contribution in [0.3, 0.4) is 0 Å². The molecular weight excluding hydrogens is 286 g/mol. The zero-order valence-electron chi connectivity index (χ0n) is 10.9. The van der Waals surface area contributed by atoms with Crippen LogP contribution in [-0.2, 0) is 6.42 Å². The number of rotatable bonds is 2. The molecule has 5 heteroatoms. The molecule has 0 radical (unpaired) electrons. The Balaban J connectivity index is 2.29. The van der Waals surface area contributed by atoms with Crippen molar-refractivity contribution in [1.29, 1.82) is 5.26 Å². The number of aromatic amines is 1. The molecule has 1 aromatic heterocycles. The first-order chi connectivity index (χ1) is 10.2. The molecule has 102 valence electrons. The first-order valence-corrected chi connectivity index (χ1v) is 6.72. The van der Waals surface area contributed by atoms with Crippen molar-refractivity contribution < 1.29 is 0 Å². The molecule has 0 aliphatic rings. The van der Waals surface area contributed by atoms with Gasteiger partial charge in [-0.05, 0) is 17.7 Å². The van der Waals surface area contributed by atoms with Crippen LogP contribution in [0.2, 0.25) is 5.02 Å². The molecule has 0 atom stereocenters. The van der Waals surface area contributed by atoms with Crippen molar-refractivity contribution in [1.82, 2.24) is 10.2 Å². The van der Waals surface area contributed by atoms with E-state index >= 15 is 0 Å². The number of H-pyrrole nitrogens is 1. The molecule has 1 N–H and O–H groups in total. The number of nitrogens with one attached hydrogen (secondary N) is 1. The van der Waals surface area contributed by atoms with E-state index in [-0.39, 0.29) is 5.56 Å². The molecule has 0 saturated heterocycles. The van der Waals surface area contributed by atoms with E-state index in [1.165, 1.54) is 0 Å². The van der Waals surface area contributed by atoms with Gasteiger partial charge in [0.2, 0.25) is 0 Å². The average molecular weight is 296 g/mol. The van der Waals surface area contributed by atoms with E-state index in [9.17, 15) is 10.1 Å². The summed E-state index contributed by atoms with van der Waals surface area (Å²) in [7, 11) is 0. The number of benzene rings is 2. The second kappa shape index (κ2) is 5.39. The van der Waals surface area contributed by atoms with Gasteiger partial charge < -0.3 is 0 Å². The maximum absolute atomic E-state index is 11.9. The second-order valence-corrected chi connectivity index (χ2v) is 5.03. The van der Waals surface area contributed by atoms with Crippen LogP contribution < -0.4 is 5.56 Å². The summed E-state index contributed by atoms with van der Waals surface area (Å²) in [6.07, 6.45) is 0.517. The Hall–Kier alpha value is -2.64. The van der Waals surface area contributed by atoms with E-state index < -0.39 is 0 Å². The third-order valence-corrected chi connectivity index (χ3v) is 3.62. The Bertz CT molecular complexity index is 910. The molecule has 3 rings (SSSR count). The van der Waals surface area contributed by atoms with Crippen LogP contribution in [0.5, 0.6) is 0 Å². The fraction of sp³-hybridized carbons (Fsp3) is 0.0625. The highest BCUT2D eigenvalue weighted by Crippen LogP contribution is 2.26. The molecule has 0 spiro atoms. The van der Waals surface area contributed by atoms with E-state index in [4.69, 9.17) is 11.6 Å². The lowest BCUT2D eigenvalue weighted by atomic mass is 10.0. The zero-order valence-corrected chi connectivity index (χ0v) is 11.7. The van der Waals surface area contributed by atoms with Gasteiger partial charge in [-0.1, -0.05) is 41.9 Å². The zero-order chi connectivity index (χ0) is 14.8. The van der Waals surface area contributed by atoms with Crippen molar-refractivity contribution in [2.24, 2.45) is 0 Å². The van der Waals surface area contributed by atoms with E-state index in [0.717, 1.165) is 5.56 Å². The van der Waals surface area contributed by atoms with Crippen LogP contribution in [-0.4, -0.2) is 10.2 Å². The van der Waals surface area contributed by atoms with Gasteiger partial charge >= 0.3 is 0 Å². The van der Waals surface area contributed by atoms with Gasteiger partial charge in [-0.25, -0.2) is 5.10 Å². The van der Waals surface area contributed by atoms with Crippen molar-refractivity contribution in [3.8, 4) is 6.07 Å². The Morgan fingerprint density at radius 3 is 2.67 bits per heavy atom. The minimum atomic E-state index is -0.324. The van der Waals surface area contributed by atoms with Gasteiger partial charge in [-0.3, -0.25) is 4.79 Å². The van der Waals surface area contributed by atoms with E-state index in [2.05, 4.69) is 16.3 Å². The van der Waals surface area contributed by atoms with Gasteiger partial charge in [0.25, 0.3) is 5.56 Å². The van der Waals surface area contributed by atoms with E-state index in [0.29, 0.717) is 33.5 Å². The average Bonchev–Trinajstić information content (AvgIpc) is 2.51. The van der Waals surface area contributed by atoms with Crippen LogP contribution in [0.25, 0.3) is 10.8 Å². The molecular formula is C16H10ClN3O. The molecule has 0 aliphatic carbocycles. The molecule has 3 aromatic rings. The Morgan fingerprint density at radius 2 is 1.95 bits per heavy atom. The molecule has 0 bridgehead atoms. The maximum atomic E-state index is 11.9. The highest BCUT2D eigenvalue weighted by molar-refractivity contribution is 6.32. The number of hydrogen-bond acceptors (Lipinski definition) is 3. The van der Waals surface area contributed by atoms with E-state index in [1.807, 2.05) is 30.3 Å². The molecule has 0 fully saturated rings. The molecule has 4 nitrogen and oxygen atoms in total. The summed E-state index contributed by atoms with van der Waals surface area (Å²) in [5, 5.41) is 17.2. The van der Waals surface area contributed by atoms with Crippen molar-refractivity contribution in [3.05, 3.63) is 74.7 Å². The molecule has 0 amide bonds. The fourth-order valence-electron chi connectivity index (χ4n) is 2.33. The van der Waals surface area contributed by atoms with Crippen LogP contribution in [0.15, 0.2) is 47.3 Å². The first-order valence-electron chi connectivity index (χ1n) is 6.34. The van der Waals surface area contributed by atoms with Gasteiger partial charge in [-0.15, -0.1) is 0 Å². The smallest absolute Gasteiger partial charge is 0.267 e. The molecule has 0 aliphatic heterocycles. The number of hydrogen-bond donors (Lipinski definition) is 1. The van der Waals surface area contributed by atoms with Crippen LogP contribution in [0.4, 0.5) is 0 Å². The predicted octanol–water partition coefficient (Wildman–Crippen LogP) is 3.04. The van der Waals surface area contributed by atoms with Gasteiger partial charge in [0.05, 0.1) is 21.7 Å². The molecule has 1 heterocycles. The summed E-state index contributed by atoms with van der Waals surface area (Å²) in [4.78, 5) is 11.9. The van der Waals surface area contributed by atoms with Gasteiger partial charge in [0.1, 0.15) is 6.07 Å². The summed E-state index contributed by atoms with van der Waals surface area (Å²) >= 11 is 6.07. The van der Waals surface area contributed by atoms with Crippen molar-refractivity contribution >= 4 is 22.4 Å². The second-order valence-electron chi connectivity index (χ2n) is 4.62. The van der Waals surface area contributed by atoms with Crippen LogP contribution in [0, 0.1) is 11.3 Å². The first kappa shape index (κ1) is 13.3. The third kappa shape index (κ3) is 2.39. The number of aromatic nitrogens is 2. The quantitative estimate of drug-likeness (QED) is 0.790. The van der Waals surface area contributed by atoms with E-state index in [1.54, 1.807) is 12.1 Å².